The molecule has 1 saturated carbocycles. The van der Waals surface area contributed by atoms with Crippen LogP contribution in [0.4, 0.5) is 0 Å². The van der Waals surface area contributed by atoms with Crippen LogP contribution in [0.1, 0.15) is 48.5 Å². The van der Waals surface area contributed by atoms with Crippen LogP contribution in [0.2, 0.25) is 0 Å². The van der Waals surface area contributed by atoms with Gasteiger partial charge in [-0.25, -0.2) is 0 Å². The summed E-state index contributed by atoms with van der Waals surface area (Å²) in [5, 5.41) is 104. The molecule has 4 fully saturated rings. The zero-order valence-electron chi connectivity index (χ0n) is 26.7. The van der Waals surface area contributed by atoms with Crippen LogP contribution in [0.15, 0.2) is 0 Å². The Bertz CT molecular complexity index is 985. The van der Waals surface area contributed by atoms with Gasteiger partial charge in [-0.05, 0) is 5.41 Å². The number of aliphatic hydroxyl groups is 10. The van der Waals surface area contributed by atoms with Gasteiger partial charge in [0.05, 0.1) is 25.4 Å². The minimum atomic E-state index is -1.88. The summed E-state index contributed by atoms with van der Waals surface area (Å²) in [4.78, 5) is 0. The van der Waals surface area contributed by atoms with Gasteiger partial charge >= 0.3 is 0 Å². The Hall–Kier alpha value is -0.640. The Balaban J connectivity index is 1.76. The molecule has 4 rings (SSSR count). The molecule has 0 radical (unpaired) electrons. The Kier molecular flexibility index (Phi) is 10.7. The van der Waals surface area contributed by atoms with Crippen molar-refractivity contribution in [3.8, 4) is 0 Å². The van der Waals surface area contributed by atoms with Crippen molar-refractivity contribution >= 4 is 0 Å². The third kappa shape index (κ3) is 5.88. The van der Waals surface area contributed by atoms with Gasteiger partial charge in [0.1, 0.15) is 73.2 Å². The predicted molar refractivity (Wildman–Crippen MR) is 150 cm³/mol. The molecular weight excluding hydrogens is 604 g/mol. The van der Waals surface area contributed by atoms with Crippen molar-refractivity contribution < 1.29 is 79.5 Å². The first-order chi connectivity index (χ1) is 20.7. The molecule has 45 heavy (non-hydrogen) atoms. The minimum absolute atomic E-state index is 0.465. The fourth-order valence-electron chi connectivity index (χ4n) is 7.89. The number of rotatable bonds is 9. The van der Waals surface area contributed by atoms with E-state index < -0.39 is 134 Å². The fourth-order valence-corrected chi connectivity index (χ4v) is 7.89. The van der Waals surface area contributed by atoms with Crippen LogP contribution in [0, 0.1) is 16.2 Å². The summed E-state index contributed by atoms with van der Waals surface area (Å²) in [5.41, 5.74) is -2.39. The molecule has 4 aliphatic rings. The smallest absolute Gasteiger partial charge is 0.187 e. The van der Waals surface area contributed by atoms with Crippen molar-refractivity contribution in [3.05, 3.63) is 0 Å². The SMILES string of the molecule is CC(C)(C)C1(OC2OC(CO)C(O)C(OC3OC(CO)C(O)C(O)C3O)C2OC2O[C@H](CO)[C@@H](O)[C@H](O)[C@@H]2O)C(C)(C)C1(C)C. The van der Waals surface area contributed by atoms with Crippen LogP contribution in [0.25, 0.3) is 0 Å². The van der Waals surface area contributed by atoms with Crippen molar-refractivity contribution in [1.82, 2.24) is 0 Å². The molecule has 3 heterocycles. The van der Waals surface area contributed by atoms with Crippen molar-refractivity contribution in [1.29, 1.82) is 0 Å². The quantitative estimate of drug-likeness (QED) is 0.115. The summed E-state index contributed by atoms with van der Waals surface area (Å²) >= 11 is 0. The standard InChI is InChI=1S/C29H52O16/c1-26(2,3)29(27(4,5)28(29,6)7)45-25-22(44-24-20(39)18(37)15(34)12(9-31)41-24)21(16(35)13(10-32)42-25)43-23-19(38)17(36)14(33)11(8-30)40-23/h11-25,30-39H,8-10H2,1-7H3/t11?,12-,13?,14?,15-,16?,17?,18+,19?,20+,21?,22?,23?,24?,25?/m1/s1. The van der Waals surface area contributed by atoms with Crippen LogP contribution in [0.5, 0.6) is 0 Å². The predicted octanol–water partition coefficient (Wildman–Crippen LogP) is -3.70. The molecule has 16 nitrogen and oxygen atoms in total. The first-order valence-corrected chi connectivity index (χ1v) is 15.3. The van der Waals surface area contributed by atoms with E-state index in [1.165, 1.54) is 0 Å². The maximum atomic E-state index is 11.4. The maximum absolute atomic E-state index is 11.4. The first-order valence-electron chi connectivity index (χ1n) is 15.3. The van der Waals surface area contributed by atoms with Gasteiger partial charge in [-0.2, -0.15) is 0 Å². The molecule has 10 N–H and O–H groups in total. The summed E-state index contributed by atoms with van der Waals surface area (Å²) in [7, 11) is 0. The molecule has 16 heteroatoms. The van der Waals surface area contributed by atoms with Crippen molar-refractivity contribution in [2.24, 2.45) is 16.2 Å². The van der Waals surface area contributed by atoms with Crippen LogP contribution in [-0.2, 0) is 28.4 Å². The van der Waals surface area contributed by atoms with E-state index in [2.05, 4.69) is 0 Å². The Morgan fingerprint density at radius 3 is 1.22 bits per heavy atom. The van der Waals surface area contributed by atoms with E-state index >= 15 is 0 Å². The molecule has 15 atom stereocenters. The van der Waals surface area contributed by atoms with Crippen LogP contribution < -0.4 is 0 Å². The van der Waals surface area contributed by atoms with Crippen molar-refractivity contribution in [2.45, 2.75) is 146 Å². The Morgan fingerprint density at radius 1 is 0.511 bits per heavy atom. The third-order valence-corrected chi connectivity index (χ3v) is 10.7. The van der Waals surface area contributed by atoms with E-state index in [9.17, 15) is 51.1 Å². The van der Waals surface area contributed by atoms with E-state index in [0.717, 1.165) is 0 Å². The summed E-state index contributed by atoms with van der Waals surface area (Å²) in [6.07, 6.45) is -24.7. The van der Waals surface area contributed by atoms with Gasteiger partial charge in [0.25, 0.3) is 0 Å². The van der Waals surface area contributed by atoms with E-state index in [-0.39, 0.29) is 0 Å². The average Bonchev–Trinajstić information content (AvgIpc) is 3.33. The normalized spacial score (nSPS) is 47.8. The number of aliphatic hydroxyl groups excluding tert-OH is 10. The van der Waals surface area contributed by atoms with E-state index in [4.69, 9.17) is 28.4 Å². The second-order valence-corrected chi connectivity index (χ2v) is 14.6. The van der Waals surface area contributed by atoms with Gasteiger partial charge in [-0.15, -0.1) is 0 Å². The lowest BCUT2D eigenvalue weighted by atomic mass is 9.80. The molecule has 1 aliphatic carbocycles. The molecule has 11 unspecified atom stereocenters. The highest BCUT2D eigenvalue weighted by atomic mass is 16.8. The van der Waals surface area contributed by atoms with Crippen molar-refractivity contribution in [3.63, 3.8) is 0 Å². The molecule has 0 aromatic heterocycles. The zero-order chi connectivity index (χ0) is 34.0. The van der Waals surface area contributed by atoms with E-state index in [1.54, 1.807) is 0 Å². The summed E-state index contributed by atoms with van der Waals surface area (Å²) < 4.78 is 36.1. The minimum Gasteiger partial charge on any atom is -0.394 e. The molecule has 264 valence electrons. The summed E-state index contributed by atoms with van der Waals surface area (Å²) in [6.45, 7) is 11.7. The molecule has 0 bridgehead atoms. The highest BCUT2D eigenvalue weighted by Gasteiger charge is 2.83. The molecule has 3 saturated heterocycles. The molecule has 0 aromatic carbocycles. The number of hydrogen-bond donors (Lipinski definition) is 10. The lowest BCUT2D eigenvalue weighted by Gasteiger charge is -2.50. The van der Waals surface area contributed by atoms with E-state index in [0.29, 0.717) is 0 Å². The fraction of sp³-hybridized carbons (Fsp3) is 1.00. The topological polar surface area (TPSA) is 258 Å². The van der Waals surface area contributed by atoms with Gasteiger partial charge < -0.3 is 79.5 Å². The molecule has 0 amide bonds. The van der Waals surface area contributed by atoms with Gasteiger partial charge in [0.2, 0.25) is 0 Å². The highest BCUT2D eigenvalue weighted by molar-refractivity contribution is 5.31. The molecule has 0 aromatic rings. The van der Waals surface area contributed by atoms with Crippen LogP contribution in [-0.4, -0.2) is 169 Å². The van der Waals surface area contributed by atoms with Gasteiger partial charge in [0, 0.05) is 10.8 Å². The number of hydrogen-bond acceptors (Lipinski definition) is 16. The Morgan fingerprint density at radius 2 is 0.867 bits per heavy atom. The third-order valence-electron chi connectivity index (χ3n) is 10.7. The molecule has 3 aliphatic heterocycles. The van der Waals surface area contributed by atoms with Crippen molar-refractivity contribution in [2.75, 3.05) is 19.8 Å². The zero-order valence-corrected chi connectivity index (χ0v) is 26.7. The molecule has 0 spiro atoms. The summed E-state index contributed by atoms with van der Waals surface area (Å²) in [5.74, 6) is 0. The average molecular weight is 657 g/mol. The monoisotopic (exact) mass is 656 g/mol. The van der Waals surface area contributed by atoms with Gasteiger partial charge in [-0.3, -0.25) is 0 Å². The van der Waals surface area contributed by atoms with Gasteiger partial charge in [0.15, 0.2) is 18.9 Å². The summed E-state index contributed by atoms with van der Waals surface area (Å²) in [6, 6.07) is 0. The lowest BCUT2D eigenvalue weighted by Crippen LogP contribution is -2.68. The van der Waals surface area contributed by atoms with Gasteiger partial charge in [-0.1, -0.05) is 48.5 Å². The van der Waals surface area contributed by atoms with Crippen LogP contribution >= 0.6 is 0 Å². The second-order valence-electron chi connectivity index (χ2n) is 14.6. The maximum Gasteiger partial charge on any atom is 0.187 e. The number of ether oxygens (including phenoxy) is 6. The highest BCUT2D eigenvalue weighted by Crippen LogP contribution is 2.79. The lowest BCUT2D eigenvalue weighted by molar-refractivity contribution is -0.401. The Labute approximate surface area is 262 Å². The largest absolute Gasteiger partial charge is 0.394 e. The second kappa shape index (κ2) is 13.0. The first kappa shape index (κ1) is 37.2. The molecular formula is C29H52O16. The van der Waals surface area contributed by atoms with E-state index in [1.807, 2.05) is 48.5 Å². The van der Waals surface area contributed by atoms with Crippen LogP contribution in [0.3, 0.4) is 0 Å².